The average Bonchev–Trinajstić information content (AvgIpc) is 2.32. The molecule has 1 heterocycles. The van der Waals surface area contributed by atoms with Crippen molar-refractivity contribution in [1.82, 2.24) is 0 Å². The third-order valence-electron chi connectivity index (χ3n) is 2.13. The predicted molar refractivity (Wildman–Crippen MR) is 51.7 cm³/mol. The van der Waals surface area contributed by atoms with E-state index in [1.807, 2.05) is 13.0 Å². The maximum Gasteiger partial charge on any atom is 0.246 e. The van der Waals surface area contributed by atoms with E-state index in [0.717, 1.165) is 11.1 Å². The molecule has 4 heteroatoms. The maximum absolute atomic E-state index is 11.2. The second kappa shape index (κ2) is 2.72. The van der Waals surface area contributed by atoms with E-state index < -0.39 is 6.04 Å². The summed E-state index contributed by atoms with van der Waals surface area (Å²) in [5, 5.41) is 3.20. The van der Waals surface area contributed by atoms with Gasteiger partial charge in [-0.2, -0.15) is 0 Å². The van der Waals surface area contributed by atoms with Crippen molar-refractivity contribution in [2.45, 2.75) is 13.0 Å². The zero-order valence-electron chi connectivity index (χ0n) is 7.10. The molecule has 1 aromatic rings. The Morgan fingerprint density at radius 1 is 1.54 bits per heavy atom. The SMILES string of the molecule is Cc1cc(Cl)c2c(c1)C(N)C(=O)N2. The summed E-state index contributed by atoms with van der Waals surface area (Å²) < 4.78 is 0. The van der Waals surface area contributed by atoms with Gasteiger partial charge in [0.2, 0.25) is 5.91 Å². The molecule has 0 aliphatic carbocycles. The summed E-state index contributed by atoms with van der Waals surface area (Å²) >= 11 is 5.94. The van der Waals surface area contributed by atoms with E-state index in [0.29, 0.717) is 10.7 Å². The van der Waals surface area contributed by atoms with Crippen molar-refractivity contribution in [2.75, 3.05) is 5.32 Å². The predicted octanol–water partition coefficient (Wildman–Crippen LogP) is 1.60. The van der Waals surface area contributed by atoms with Crippen molar-refractivity contribution in [2.24, 2.45) is 5.73 Å². The highest BCUT2D eigenvalue weighted by atomic mass is 35.5. The minimum atomic E-state index is -0.576. The molecule has 1 aliphatic rings. The van der Waals surface area contributed by atoms with E-state index in [4.69, 9.17) is 17.3 Å². The summed E-state index contributed by atoms with van der Waals surface area (Å²) in [6.45, 7) is 1.92. The first-order chi connectivity index (χ1) is 6.09. The first-order valence-electron chi connectivity index (χ1n) is 3.96. The largest absolute Gasteiger partial charge is 0.323 e. The van der Waals surface area contributed by atoms with Gasteiger partial charge in [-0.25, -0.2) is 0 Å². The molecule has 2 rings (SSSR count). The van der Waals surface area contributed by atoms with Crippen LogP contribution in [0.4, 0.5) is 5.69 Å². The Labute approximate surface area is 80.9 Å². The van der Waals surface area contributed by atoms with Crippen LogP contribution in [0.3, 0.4) is 0 Å². The van der Waals surface area contributed by atoms with Gasteiger partial charge >= 0.3 is 0 Å². The molecule has 1 amide bonds. The van der Waals surface area contributed by atoms with Crippen LogP contribution in [0.25, 0.3) is 0 Å². The lowest BCUT2D eigenvalue weighted by Crippen LogP contribution is -2.19. The number of amides is 1. The molecule has 0 radical (unpaired) electrons. The van der Waals surface area contributed by atoms with Crippen LogP contribution in [0.2, 0.25) is 5.02 Å². The number of carbonyl (C=O) groups excluding carboxylic acids is 1. The number of benzene rings is 1. The van der Waals surface area contributed by atoms with Crippen molar-refractivity contribution in [3.05, 3.63) is 28.3 Å². The van der Waals surface area contributed by atoms with Crippen LogP contribution in [0.5, 0.6) is 0 Å². The number of hydrogen-bond donors (Lipinski definition) is 2. The lowest BCUT2D eigenvalue weighted by atomic mass is 10.1. The Bertz CT molecular complexity index is 389. The van der Waals surface area contributed by atoms with Gasteiger partial charge in [-0.15, -0.1) is 0 Å². The number of aryl methyl sites for hydroxylation is 1. The highest BCUT2D eigenvalue weighted by molar-refractivity contribution is 6.34. The van der Waals surface area contributed by atoms with E-state index in [1.165, 1.54) is 0 Å². The van der Waals surface area contributed by atoms with Gasteiger partial charge in [0, 0.05) is 5.56 Å². The van der Waals surface area contributed by atoms with Crippen LogP contribution in [-0.4, -0.2) is 5.91 Å². The summed E-state index contributed by atoms with van der Waals surface area (Å²) in [5.74, 6) is -0.192. The van der Waals surface area contributed by atoms with E-state index in [9.17, 15) is 4.79 Å². The lowest BCUT2D eigenvalue weighted by molar-refractivity contribution is -0.116. The van der Waals surface area contributed by atoms with Crippen LogP contribution >= 0.6 is 11.6 Å². The topological polar surface area (TPSA) is 55.1 Å². The minimum Gasteiger partial charge on any atom is -0.323 e. The third-order valence-corrected chi connectivity index (χ3v) is 2.43. The fourth-order valence-electron chi connectivity index (χ4n) is 1.49. The van der Waals surface area contributed by atoms with E-state index in [2.05, 4.69) is 5.32 Å². The number of nitrogens with one attached hydrogen (secondary N) is 1. The Balaban J connectivity index is 2.63. The molecule has 1 unspecified atom stereocenters. The van der Waals surface area contributed by atoms with Crippen molar-refractivity contribution < 1.29 is 4.79 Å². The Kier molecular flexibility index (Phi) is 1.78. The molecule has 68 valence electrons. The summed E-state index contributed by atoms with van der Waals surface area (Å²) in [6, 6.07) is 3.11. The quantitative estimate of drug-likeness (QED) is 0.662. The van der Waals surface area contributed by atoms with Crippen molar-refractivity contribution in [1.29, 1.82) is 0 Å². The molecule has 0 bridgehead atoms. The van der Waals surface area contributed by atoms with Crippen molar-refractivity contribution >= 4 is 23.2 Å². The smallest absolute Gasteiger partial charge is 0.246 e. The van der Waals surface area contributed by atoms with Gasteiger partial charge in [0.25, 0.3) is 0 Å². The van der Waals surface area contributed by atoms with Gasteiger partial charge in [-0.1, -0.05) is 17.7 Å². The van der Waals surface area contributed by atoms with E-state index in [-0.39, 0.29) is 5.91 Å². The summed E-state index contributed by atoms with van der Waals surface area (Å²) in [6.07, 6.45) is 0. The van der Waals surface area contributed by atoms with Crippen LogP contribution in [0.15, 0.2) is 12.1 Å². The molecule has 1 atom stereocenters. The van der Waals surface area contributed by atoms with E-state index in [1.54, 1.807) is 6.07 Å². The highest BCUT2D eigenvalue weighted by Gasteiger charge is 2.28. The molecule has 0 aromatic heterocycles. The monoisotopic (exact) mass is 196 g/mol. The molecule has 1 aromatic carbocycles. The number of nitrogens with two attached hydrogens (primary N) is 1. The molecule has 0 fully saturated rings. The summed E-state index contributed by atoms with van der Waals surface area (Å²) in [7, 11) is 0. The number of halogens is 1. The zero-order chi connectivity index (χ0) is 9.59. The highest BCUT2D eigenvalue weighted by Crippen LogP contribution is 2.36. The molecule has 13 heavy (non-hydrogen) atoms. The number of hydrogen-bond acceptors (Lipinski definition) is 2. The van der Waals surface area contributed by atoms with Gasteiger partial charge in [-0.05, 0) is 18.6 Å². The second-order valence-corrected chi connectivity index (χ2v) is 3.59. The zero-order valence-corrected chi connectivity index (χ0v) is 7.85. The van der Waals surface area contributed by atoms with Gasteiger partial charge < -0.3 is 11.1 Å². The van der Waals surface area contributed by atoms with Gasteiger partial charge in [0.15, 0.2) is 0 Å². The molecule has 0 saturated heterocycles. The van der Waals surface area contributed by atoms with Crippen molar-refractivity contribution in [3.63, 3.8) is 0 Å². The van der Waals surface area contributed by atoms with Crippen LogP contribution in [0, 0.1) is 6.92 Å². The van der Waals surface area contributed by atoms with Crippen molar-refractivity contribution in [3.8, 4) is 0 Å². The third kappa shape index (κ3) is 1.20. The van der Waals surface area contributed by atoms with Gasteiger partial charge in [0.05, 0.1) is 10.7 Å². The standard InChI is InChI=1S/C9H9ClN2O/c1-4-2-5-7(11)9(13)12-8(5)6(10)3-4/h2-3,7H,11H2,1H3,(H,12,13). The molecule has 3 nitrogen and oxygen atoms in total. The first-order valence-corrected chi connectivity index (χ1v) is 4.34. The second-order valence-electron chi connectivity index (χ2n) is 3.18. The summed E-state index contributed by atoms with van der Waals surface area (Å²) in [5.41, 5.74) is 8.11. The molecule has 0 spiro atoms. The van der Waals surface area contributed by atoms with Gasteiger partial charge in [0.1, 0.15) is 6.04 Å². The molecular formula is C9H9ClN2O. The van der Waals surface area contributed by atoms with Crippen LogP contribution < -0.4 is 11.1 Å². The Morgan fingerprint density at radius 2 is 2.23 bits per heavy atom. The lowest BCUT2D eigenvalue weighted by Gasteiger charge is -2.04. The summed E-state index contributed by atoms with van der Waals surface area (Å²) in [4.78, 5) is 11.2. The molecule has 3 N–H and O–H groups in total. The number of rotatable bonds is 0. The van der Waals surface area contributed by atoms with Crippen LogP contribution in [0.1, 0.15) is 17.2 Å². The number of anilines is 1. The van der Waals surface area contributed by atoms with Crippen LogP contribution in [-0.2, 0) is 4.79 Å². The Hall–Kier alpha value is -1.06. The Morgan fingerprint density at radius 3 is 2.92 bits per heavy atom. The first kappa shape index (κ1) is 8.53. The fourth-order valence-corrected chi connectivity index (χ4v) is 1.82. The molecular weight excluding hydrogens is 188 g/mol. The normalized spacial score (nSPS) is 19.9. The minimum absolute atomic E-state index is 0.192. The molecule has 1 aliphatic heterocycles. The maximum atomic E-state index is 11.2. The number of fused-ring (bicyclic) bond motifs is 1. The van der Waals surface area contributed by atoms with E-state index >= 15 is 0 Å². The number of carbonyl (C=O) groups is 1. The molecule has 0 saturated carbocycles. The fraction of sp³-hybridized carbons (Fsp3) is 0.222. The van der Waals surface area contributed by atoms with Gasteiger partial charge in [-0.3, -0.25) is 4.79 Å². The average molecular weight is 197 g/mol.